The van der Waals surface area contributed by atoms with E-state index in [4.69, 9.17) is 5.11 Å². The molecule has 19 heavy (non-hydrogen) atoms. The Hall–Kier alpha value is -1.00. The van der Waals surface area contributed by atoms with Crippen LogP contribution in [-0.2, 0) is 10.5 Å². The van der Waals surface area contributed by atoms with E-state index in [1.54, 1.807) is 11.8 Å². The van der Waals surface area contributed by atoms with Gasteiger partial charge in [0.15, 0.2) is 0 Å². The summed E-state index contributed by atoms with van der Waals surface area (Å²) in [6.45, 7) is 3.03. The Morgan fingerprint density at radius 1 is 1.32 bits per heavy atom. The van der Waals surface area contributed by atoms with Crippen molar-refractivity contribution >= 4 is 17.7 Å². The summed E-state index contributed by atoms with van der Waals surface area (Å²) in [5.74, 6) is 1.48. The van der Waals surface area contributed by atoms with E-state index in [2.05, 4.69) is 30.4 Å². The molecule has 3 nitrogen and oxygen atoms in total. The van der Waals surface area contributed by atoms with Gasteiger partial charge in [-0.05, 0) is 31.7 Å². The van der Waals surface area contributed by atoms with E-state index in [1.165, 1.54) is 11.1 Å². The molecule has 0 spiro atoms. The van der Waals surface area contributed by atoms with Crippen molar-refractivity contribution in [3.8, 4) is 0 Å². The van der Waals surface area contributed by atoms with Crippen LogP contribution >= 0.6 is 11.8 Å². The third-order valence-electron chi connectivity index (χ3n) is 2.74. The van der Waals surface area contributed by atoms with Gasteiger partial charge in [-0.1, -0.05) is 29.8 Å². The minimum atomic E-state index is 0.0988. The second kappa shape index (κ2) is 9.87. The van der Waals surface area contributed by atoms with Crippen LogP contribution < -0.4 is 5.32 Å². The summed E-state index contributed by atoms with van der Waals surface area (Å²) < 4.78 is 0. The minimum absolute atomic E-state index is 0.0988. The smallest absolute Gasteiger partial charge is 0.230 e. The van der Waals surface area contributed by atoms with Gasteiger partial charge in [0.1, 0.15) is 0 Å². The highest BCUT2D eigenvalue weighted by Crippen LogP contribution is 2.13. The Morgan fingerprint density at radius 2 is 2.16 bits per heavy atom. The molecule has 0 saturated heterocycles. The summed E-state index contributed by atoms with van der Waals surface area (Å²) in [4.78, 5) is 11.6. The maximum absolute atomic E-state index is 11.6. The lowest BCUT2D eigenvalue weighted by Crippen LogP contribution is -2.26. The molecule has 0 bridgehead atoms. The molecule has 0 aromatic heterocycles. The molecule has 0 heterocycles. The monoisotopic (exact) mass is 281 g/mol. The molecular formula is C15H23NO2S. The van der Waals surface area contributed by atoms with Gasteiger partial charge in [0.25, 0.3) is 0 Å². The molecule has 1 aromatic rings. The van der Waals surface area contributed by atoms with Crippen LogP contribution in [0.25, 0.3) is 0 Å². The summed E-state index contributed by atoms with van der Waals surface area (Å²) in [7, 11) is 0. The zero-order chi connectivity index (χ0) is 13.9. The zero-order valence-corrected chi connectivity index (χ0v) is 12.3. The van der Waals surface area contributed by atoms with Crippen LogP contribution in [0.2, 0.25) is 0 Å². The van der Waals surface area contributed by atoms with Gasteiger partial charge in [-0.2, -0.15) is 0 Å². The molecular weight excluding hydrogens is 258 g/mol. The number of hydrogen-bond donors (Lipinski definition) is 2. The van der Waals surface area contributed by atoms with Crippen molar-refractivity contribution < 1.29 is 9.90 Å². The zero-order valence-electron chi connectivity index (χ0n) is 11.5. The molecule has 106 valence electrons. The van der Waals surface area contributed by atoms with Gasteiger partial charge in [0.2, 0.25) is 5.91 Å². The van der Waals surface area contributed by atoms with Gasteiger partial charge in [0, 0.05) is 18.9 Å². The van der Waals surface area contributed by atoms with Crippen LogP contribution in [0.15, 0.2) is 24.3 Å². The molecule has 2 N–H and O–H groups in total. The first-order chi connectivity index (χ1) is 9.22. The van der Waals surface area contributed by atoms with E-state index in [1.807, 2.05) is 6.07 Å². The Labute approximate surface area is 119 Å². The highest BCUT2D eigenvalue weighted by molar-refractivity contribution is 7.99. The average Bonchev–Trinajstić information content (AvgIpc) is 2.38. The SMILES string of the molecule is Cc1cccc(CSCC(=O)NCCCCCO)c1. The molecule has 4 heteroatoms. The Morgan fingerprint density at radius 3 is 2.89 bits per heavy atom. The highest BCUT2D eigenvalue weighted by atomic mass is 32.2. The van der Waals surface area contributed by atoms with Crippen LogP contribution in [0.5, 0.6) is 0 Å². The van der Waals surface area contributed by atoms with Gasteiger partial charge < -0.3 is 10.4 Å². The van der Waals surface area contributed by atoms with Crippen molar-refractivity contribution in [3.63, 3.8) is 0 Å². The standard InChI is InChI=1S/C15H23NO2S/c1-13-6-5-7-14(10-13)11-19-12-15(18)16-8-3-2-4-9-17/h5-7,10,17H,2-4,8-9,11-12H2,1H3,(H,16,18). The Kier molecular flexibility index (Phi) is 8.34. The highest BCUT2D eigenvalue weighted by Gasteiger charge is 2.01. The predicted molar refractivity (Wildman–Crippen MR) is 81.3 cm³/mol. The van der Waals surface area contributed by atoms with E-state index in [9.17, 15) is 4.79 Å². The fourth-order valence-corrected chi connectivity index (χ4v) is 2.56. The number of nitrogens with one attached hydrogen (secondary N) is 1. The number of unbranched alkanes of at least 4 members (excludes halogenated alkanes) is 2. The summed E-state index contributed by atoms with van der Waals surface area (Å²) in [5, 5.41) is 11.5. The lowest BCUT2D eigenvalue weighted by Gasteiger charge is -2.05. The van der Waals surface area contributed by atoms with Crippen molar-refractivity contribution in [1.82, 2.24) is 5.32 Å². The van der Waals surface area contributed by atoms with Crippen LogP contribution in [0.1, 0.15) is 30.4 Å². The molecule has 0 radical (unpaired) electrons. The maximum atomic E-state index is 11.6. The predicted octanol–water partition coefficient (Wildman–Crippen LogP) is 2.51. The Bertz CT molecular complexity index is 382. The van der Waals surface area contributed by atoms with E-state index in [0.717, 1.165) is 25.0 Å². The van der Waals surface area contributed by atoms with Crippen LogP contribution in [0.3, 0.4) is 0 Å². The summed E-state index contributed by atoms with van der Waals surface area (Å²) in [6, 6.07) is 8.37. The molecule has 0 unspecified atom stereocenters. The molecule has 0 aliphatic carbocycles. The second-order valence-electron chi connectivity index (χ2n) is 4.62. The van der Waals surface area contributed by atoms with Crippen molar-refractivity contribution in [3.05, 3.63) is 35.4 Å². The van der Waals surface area contributed by atoms with Crippen molar-refractivity contribution in [2.24, 2.45) is 0 Å². The summed E-state index contributed by atoms with van der Waals surface area (Å²) in [5.41, 5.74) is 2.52. The van der Waals surface area contributed by atoms with Crippen molar-refractivity contribution in [1.29, 1.82) is 0 Å². The molecule has 0 aliphatic heterocycles. The largest absolute Gasteiger partial charge is 0.396 e. The molecule has 0 fully saturated rings. The first kappa shape index (κ1) is 16.1. The number of thioether (sulfide) groups is 1. The van der Waals surface area contributed by atoms with E-state index >= 15 is 0 Å². The molecule has 1 amide bonds. The van der Waals surface area contributed by atoms with E-state index in [0.29, 0.717) is 12.3 Å². The van der Waals surface area contributed by atoms with Crippen LogP contribution in [0, 0.1) is 6.92 Å². The first-order valence-corrected chi connectivity index (χ1v) is 7.88. The average molecular weight is 281 g/mol. The number of rotatable bonds is 9. The Balaban J connectivity index is 2.07. The first-order valence-electron chi connectivity index (χ1n) is 6.73. The maximum Gasteiger partial charge on any atom is 0.230 e. The van der Waals surface area contributed by atoms with Gasteiger partial charge in [-0.15, -0.1) is 11.8 Å². The number of carbonyl (C=O) groups excluding carboxylic acids is 1. The van der Waals surface area contributed by atoms with Gasteiger partial charge >= 0.3 is 0 Å². The molecule has 0 aliphatic rings. The fraction of sp³-hybridized carbons (Fsp3) is 0.533. The number of aliphatic hydroxyl groups is 1. The third kappa shape index (κ3) is 7.90. The molecule has 1 aromatic carbocycles. The normalized spacial score (nSPS) is 10.4. The number of benzene rings is 1. The number of hydrogen-bond acceptors (Lipinski definition) is 3. The number of aliphatic hydroxyl groups excluding tert-OH is 1. The quantitative estimate of drug-likeness (QED) is 0.684. The van der Waals surface area contributed by atoms with Crippen molar-refractivity contribution in [2.45, 2.75) is 31.9 Å². The topological polar surface area (TPSA) is 49.3 Å². The number of carbonyl (C=O) groups is 1. The van der Waals surface area contributed by atoms with E-state index in [-0.39, 0.29) is 12.5 Å². The molecule has 0 atom stereocenters. The lowest BCUT2D eigenvalue weighted by atomic mass is 10.2. The lowest BCUT2D eigenvalue weighted by molar-refractivity contribution is -0.118. The van der Waals surface area contributed by atoms with Gasteiger partial charge in [0.05, 0.1) is 5.75 Å². The van der Waals surface area contributed by atoms with Crippen LogP contribution in [0.4, 0.5) is 0 Å². The third-order valence-corrected chi connectivity index (χ3v) is 3.75. The number of aryl methyl sites for hydroxylation is 1. The summed E-state index contributed by atoms with van der Waals surface area (Å²) >= 11 is 1.64. The van der Waals surface area contributed by atoms with Crippen molar-refractivity contribution in [2.75, 3.05) is 18.9 Å². The molecule has 0 saturated carbocycles. The van der Waals surface area contributed by atoms with E-state index < -0.39 is 0 Å². The van der Waals surface area contributed by atoms with Crippen LogP contribution in [-0.4, -0.2) is 29.9 Å². The fourth-order valence-electron chi connectivity index (χ4n) is 1.76. The number of amides is 1. The van der Waals surface area contributed by atoms with Gasteiger partial charge in [-0.3, -0.25) is 4.79 Å². The summed E-state index contributed by atoms with van der Waals surface area (Å²) in [6.07, 6.45) is 2.72. The van der Waals surface area contributed by atoms with Gasteiger partial charge in [-0.25, -0.2) is 0 Å². The molecule has 1 rings (SSSR count). The second-order valence-corrected chi connectivity index (χ2v) is 5.60. The minimum Gasteiger partial charge on any atom is -0.396 e.